The van der Waals surface area contributed by atoms with E-state index in [4.69, 9.17) is 4.74 Å². The second-order valence-corrected chi connectivity index (χ2v) is 2.91. The van der Waals surface area contributed by atoms with Crippen molar-refractivity contribution in [2.75, 3.05) is 6.61 Å². The largest absolute Gasteiger partial charge is 0.367 e. The molecule has 1 fully saturated rings. The lowest BCUT2D eigenvalue weighted by atomic mass is 10.0. The molecular formula is C9H10O3. The van der Waals surface area contributed by atoms with Gasteiger partial charge in [0.1, 0.15) is 6.10 Å². The van der Waals surface area contributed by atoms with E-state index in [-0.39, 0.29) is 0 Å². The van der Waals surface area contributed by atoms with Crippen LogP contribution in [0.3, 0.4) is 0 Å². The standard InChI is InChI=1S/C9H10O3/c10-9(11,8-6-12-8)7-4-2-1-3-5-7/h1-5,8,10-11H,6H2. The molecule has 1 heterocycles. The van der Waals surface area contributed by atoms with Crippen LogP contribution in [-0.4, -0.2) is 22.9 Å². The summed E-state index contributed by atoms with van der Waals surface area (Å²) in [5.74, 6) is -1.82. The summed E-state index contributed by atoms with van der Waals surface area (Å²) >= 11 is 0. The Morgan fingerprint density at radius 1 is 1.25 bits per heavy atom. The normalized spacial score (nSPS) is 22.3. The first kappa shape index (κ1) is 7.73. The van der Waals surface area contributed by atoms with Gasteiger partial charge in [0.15, 0.2) is 0 Å². The average Bonchev–Trinajstić information content (AvgIpc) is 2.88. The van der Waals surface area contributed by atoms with Crippen LogP contribution >= 0.6 is 0 Å². The van der Waals surface area contributed by atoms with Crippen molar-refractivity contribution in [1.29, 1.82) is 0 Å². The maximum Gasteiger partial charge on any atom is 0.219 e. The summed E-state index contributed by atoms with van der Waals surface area (Å²) in [7, 11) is 0. The second-order valence-electron chi connectivity index (χ2n) is 2.91. The highest BCUT2D eigenvalue weighted by atomic mass is 16.6. The first-order valence-corrected chi connectivity index (χ1v) is 3.83. The smallest absolute Gasteiger partial charge is 0.219 e. The van der Waals surface area contributed by atoms with Crippen molar-refractivity contribution in [2.24, 2.45) is 0 Å². The van der Waals surface area contributed by atoms with E-state index in [0.717, 1.165) is 0 Å². The van der Waals surface area contributed by atoms with Crippen LogP contribution in [0.2, 0.25) is 0 Å². The van der Waals surface area contributed by atoms with E-state index >= 15 is 0 Å². The Morgan fingerprint density at radius 2 is 1.83 bits per heavy atom. The molecule has 64 valence electrons. The zero-order chi connectivity index (χ0) is 8.60. The predicted molar refractivity (Wildman–Crippen MR) is 42.3 cm³/mol. The fourth-order valence-electron chi connectivity index (χ4n) is 1.15. The molecule has 1 aliphatic rings. The molecule has 0 spiro atoms. The summed E-state index contributed by atoms with van der Waals surface area (Å²) in [4.78, 5) is 0. The van der Waals surface area contributed by atoms with Gasteiger partial charge in [-0.2, -0.15) is 0 Å². The lowest BCUT2D eigenvalue weighted by Crippen LogP contribution is -2.31. The van der Waals surface area contributed by atoms with Gasteiger partial charge in [-0.05, 0) is 0 Å². The Balaban J connectivity index is 2.28. The van der Waals surface area contributed by atoms with Gasteiger partial charge >= 0.3 is 0 Å². The van der Waals surface area contributed by atoms with Crippen molar-refractivity contribution in [3.05, 3.63) is 35.9 Å². The number of hydrogen-bond acceptors (Lipinski definition) is 3. The summed E-state index contributed by atoms with van der Waals surface area (Å²) < 4.78 is 4.83. The molecule has 1 atom stereocenters. The Bertz CT molecular complexity index is 264. The average molecular weight is 166 g/mol. The van der Waals surface area contributed by atoms with E-state index in [0.29, 0.717) is 12.2 Å². The third-order valence-corrected chi connectivity index (χ3v) is 1.98. The van der Waals surface area contributed by atoms with Gasteiger partial charge in [0.05, 0.1) is 6.61 Å². The van der Waals surface area contributed by atoms with Crippen molar-refractivity contribution in [2.45, 2.75) is 11.9 Å². The van der Waals surface area contributed by atoms with Crippen LogP contribution in [0.15, 0.2) is 30.3 Å². The van der Waals surface area contributed by atoms with E-state index < -0.39 is 11.9 Å². The van der Waals surface area contributed by atoms with Gasteiger partial charge in [0, 0.05) is 5.56 Å². The van der Waals surface area contributed by atoms with Gasteiger partial charge in [0.25, 0.3) is 0 Å². The zero-order valence-electron chi connectivity index (χ0n) is 6.47. The summed E-state index contributed by atoms with van der Waals surface area (Å²) in [6.45, 7) is 0.419. The number of aliphatic hydroxyl groups is 2. The van der Waals surface area contributed by atoms with E-state index in [2.05, 4.69) is 0 Å². The molecule has 0 bridgehead atoms. The molecule has 1 aliphatic heterocycles. The molecule has 3 heteroatoms. The number of benzene rings is 1. The van der Waals surface area contributed by atoms with Crippen LogP contribution in [0.5, 0.6) is 0 Å². The van der Waals surface area contributed by atoms with E-state index in [1.165, 1.54) is 0 Å². The molecule has 1 aromatic rings. The van der Waals surface area contributed by atoms with Gasteiger partial charge in [0.2, 0.25) is 5.79 Å². The SMILES string of the molecule is OC(O)(c1ccccc1)C1CO1. The molecular weight excluding hydrogens is 156 g/mol. The first-order chi connectivity index (χ1) is 5.71. The molecule has 2 rings (SSSR count). The summed E-state index contributed by atoms with van der Waals surface area (Å²) in [5, 5.41) is 19.1. The molecule has 0 aliphatic carbocycles. The first-order valence-electron chi connectivity index (χ1n) is 3.83. The highest BCUT2D eigenvalue weighted by Gasteiger charge is 2.45. The summed E-state index contributed by atoms with van der Waals surface area (Å²) in [6, 6.07) is 8.69. The highest BCUT2D eigenvalue weighted by Crippen LogP contribution is 2.31. The van der Waals surface area contributed by atoms with Gasteiger partial charge in [-0.3, -0.25) is 0 Å². The van der Waals surface area contributed by atoms with Crippen LogP contribution in [-0.2, 0) is 10.5 Å². The fourth-order valence-corrected chi connectivity index (χ4v) is 1.15. The lowest BCUT2D eigenvalue weighted by molar-refractivity contribution is -0.184. The van der Waals surface area contributed by atoms with Gasteiger partial charge in [-0.15, -0.1) is 0 Å². The molecule has 1 aromatic carbocycles. The monoisotopic (exact) mass is 166 g/mol. The minimum absolute atomic E-state index is 0.419. The van der Waals surface area contributed by atoms with Crippen LogP contribution in [0, 0.1) is 0 Å². The van der Waals surface area contributed by atoms with Crippen LogP contribution in [0.4, 0.5) is 0 Å². The van der Waals surface area contributed by atoms with Crippen molar-refractivity contribution in [3.8, 4) is 0 Å². The van der Waals surface area contributed by atoms with Gasteiger partial charge in [-0.1, -0.05) is 30.3 Å². The van der Waals surface area contributed by atoms with Crippen molar-refractivity contribution >= 4 is 0 Å². The molecule has 1 saturated heterocycles. The molecule has 12 heavy (non-hydrogen) atoms. The predicted octanol–water partition coefficient (Wildman–Crippen LogP) is 0.223. The lowest BCUT2D eigenvalue weighted by Gasteiger charge is -2.19. The van der Waals surface area contributed by atoms with E-state index in [9.17, 15) is 10.2 Å². The van der Waals surface area contributed by atoms with Crippen molar-refractivity contribution < 1.29 is 14.9 Å². The highest BCUT2D eigenvalue weighted by molar-refractivity contribution is 5.22. The number of hydrogen-bond donors (Lipinski definition) is 2. The third-order valence-electron chi connectivity index (χ3n) is 1.98. The number of ether oxygens (including phenoxy) is 1. The summed E-state index contributed by atoms with van der Waals surface area (Å²) in [6.07, 6.45) is -0.458. The van der Waals surface area contributed by atoms with Gasteiger partial charge in [-0.25, -0.2) is 0 Å². The molecule has 0 amide bonds. The van der Waals surface area contributed by atoms with Gasteiger partial charge < -0.3 is 14.9 Å². The maximum atomic E-state index is 9.56. The summed E-state index contributed by atoms with van der Waals surface area (Å²) in [5.41, 5.74) is 0.479. The second kappa shape index (κ2) is 2.55. The molecule has 0 aromatic heterocycles. The number of epoxide rings is 1. The third kappa shape index (κ3) is 1.22. The van der Waals surface area contributed by atoms with Crippen molar-refractivity contribution in [3.63, 3.8) is 0 Å². The molecule has 2 N–H and O–H groups in total. The quantitative estimate of drug-likeness (QED) is 0.488. The van der Waals surface area contributed by atoms with E-state index in [1.54, 1.807) is 24.3 Å². The maximum absolute atomic E-state index is 9.56. The molecule has 1 unspecified atom stereocenters. The topological polar surface area (TPSA) is 53.0 Å². The zero-order valence-corrected chi connectivity index (χ0v) is 6.47. The number of rotatable bonds is 2. The Labute approximate surface area is 70.2 Å². The molecule has 3 nitrogen and oxygen atoms in total. The molecule has 0 radical (unpaired) electrons. The van der Waals surface area contributed by atoms with Crippen LogP contribution in [0.25, 0.3) is 0 Å². The Morgan fingerprint density at radius 3 is 2.33 bits per heavy atom. The Hall–Kier alpha value is -0.900. The van der Waals surface area contributed by atoms with Crippen LogP contribution in [0.1, 0.15) is 5.56 Å². The van der Waals surface area contributed by atoms with Crippen molar-refractivity contribution in [1.82, 2.24) is 0 Å². The molecule has 0 saturated carbocycles. The minimum atomic E-state index is -1.82. The van der Waals surface area contributed by atoms with E-state index in [1.807, 2.05) is 6.07 Å². The fraction of sp³-hybridized carbons (Fsp3) is 0.333. The van der Waals surface area contributed by atoms with Crippen LogP contribution < -0.4 is 0 Å². The minimum Gasteiger partial charge on any atom is -0.367 e. The Kier molecular flexibility index (Phi) is 1.65.